The molecule has 3 aromatic carbocycles. The first-order valence-electron chi connectivity index (χ1n) is 11.8. The zero-order chi connectivity index (χ0) is 22.3. The fraction of sp³-hybridized carbons (Fsp3) is 0.393. The van der Waals surface area contributed by atoms with Crippen molar-refractivity contribution in [3.05, 3.63) is 65.7 Å². The first-order chi connectivity index (χ1) is 15.6. The quantitative estimate of drug-likeness (QED) is 0.438. The Morgan fingerprint density at radius 1 is 0.938 bits per heavy atom. The maximum absolute atomic E-state index is 11.0. The molecule has 0 aliphatic heterocycles. The molecular weight excluding hydrogens is 398 g/mol. The van der Waals surface area contributed by atoms with Gasteiger partial charge in [0, 0.05) is 13.5 Å². The zero-order valence-electron chi connectivity index (χ0n) is 19.2. The lowest BCUT2D eigenvalue weighted by atomic mass is 9.90. The van der Waals surface area contributed by atoms with E-state index < -0.39 is 0 Å². The van der Waals surface area contributed by atoms with Crippen LogP contribution in [0.5, 0.6) is 17.2 Å². The second kappa shape index (κ2) is 10.5. The molecule has 0 atom stereocenters. The van der Waals surface area contributed by atoms with E-state index in [9.17, 15) is 4.79 Å². The number of hydrogen-bond donors (Lipinski definition) is 1. The highest BCUT2D eigenvalue weighted by Gasteiger charge is 2.14. The average Bonchev–Trinajstić information content (AvgIpc) is 2.80. The lowest BCUT2D eigenvalue weighted by Crippen LogP contribution is -2.22. The maximum Gasteiger partial charge on any atom is 0.216 e. The fourth-order valence-electron chi connectivity index (χ4n) is 4.40. The Kier molecular flexibility index (Phi) is 7.31. The van der Waals surface area contributed by atoms with Gasteiger partial charge in [-0.1, -0.05) is 43.5 Å². The summed E-state index contributed by atoms with van der Waals surface area (Å²) in [5.74, 6) is 3.30. The number of rotatable bonds is 8. The normalized spacial score (nSPS) is 14.3. The molecule has 32 heavy (non-hydrogen) atoms. The van der Waals surface area contributed by atoms with Gasteiger partial charge in [0.05, 0.1) is 6.61 Å². The number of carbonyl (C=O) groups excluding carboxylic acids is 1. The van der Waals surface area contributed by atoms with Gasteiger partial charge in [-0.2, -0.15) is 0 Å². The van der Waals surface area contributed by atoms with E-state index in [4.69, 9.17) is 9.47 Å². The Morgan fingerprint density at radius 3 is 2.47 bits per heavy atom. The van der Waals surface area contributed by atoms with Crippen LogP contribution in [0.3, 0.4) is 0 Å². The van der Waals surface area contributed by atoms with Crippen LogP contribution < -0.4 is 14.8 Å². The van der Waals surface area contributed by atoms with Gasteiger partial charge in [-0.25, -0.2) is 0 Å². The van der Waals surface area contributed by atoms with Gasteiger partial charge in [-0.15, -0.1) is 0 Å². The molecule has 1 amide bonds. The van der Waals surface area contributed by atoms with Crippen molar-refractivity contribution in [2.45, 2.75) is 52.4 Å². The minimum atomic E-state index is 0.00619. The summed E-state index contributed by atoms with van der Waals surface area (Å²) in [5, 5.41) is 5.15. The standard InChI is InChI=1S/C28H33NO3/c1-20-16-26(31-19-23-6-4-3-5-7-23)12-13-28(20)32-27-11-10-24-17-22(8-9-25(24)18-27)14-15-29-21(2)30/h8-13,16-18,23H,3-7,14-15,19H2,1-2H3,(H,29,30). The summed E-state index contributed by atoms with van der Waals surface area (Å²) < 4.78 is 12.2. The number of carbonyl (C=O) groups is 1. The van der Waals surface area contributed by atoms with Crippen LogP contribution in [0.15, 0.2) is 54.6 Å². The number of benzene rings is 3. The molecule has 1 aliphatic carbocycles. The Balaban J connectivity index is 1.38. The molecule has 0 spiro atoms. The summed E-state index contributed by atoms with van der Waals surface area (Å²) >= 11 is 0. The van der Waals surface area contributed by atoms with E-state index >= 15 is 0 Å². The lowest BCUT2D eigenvalue weighted by Gasteiger charge is -2.22. The van der Waals surface area contributed by atoms with Crippen LogP contribution in [0.4, 0.5) is 0 Å². The van der Waals surface area contributed by atoms with Crippen molar-refractivity contribution in [1.29, 1.82) is 0 Å². The largest absolute Gasteiger partial charge is 0.493 e. The van der Waals surface area contributed by atoms with Gasteiger partial charge < -0.3 is 14.8 Å². The second-order valence-electron chi connectivity index (χ2n) is 8.92. The number of ether oxygens (including phenoxy) is 2. The monoisotopic (exact) mass is 431 g/mol. The zero-order valence-corrected chi connectivity index (χ0v) is 19.2. The van der Waals surface area contributed by atoms with E-state index in [0.717, 1.165) is 41.2 Å². The molecule has 0 saturated heterocycles. The van der Waals surface area contributed by atoms with E-state index in [1.807, 2.05) is 18.2 Å². The molecule has 0 aromatic heterocycles. The topological polar surface area (TPSA) is 47.6 Å². The Hall–Kier alpha value is -3.01. The van der Waals surface area contributed by atoms with E-state index in [-0.39, 0.29) is 5.91 Å². The third-order valence-corrected chi connectivity index (χ3v) is 6.25. The SMILES string of the molecule is CC(=O)NCCc1ccc2cc(Oc3ccc(OCC4CCCCC4)cc3C)ccc2c1. The first-order valence-corrected chi connectivity index (χ1v) is 11.8. The third-order valence-electron chi connectivity index (χ3n) is 6.25. The van der Waals surface area contributed by atoms with Crippen LogP contribution in [0.1, 0.15) is 50.2 Å². The molecule has 0 radical (unpaired) electrons. The summed E-state index contributed by atoms with van der Waals surface area (Å²) in [5.41, 5.74) is 2.28. The molecule has 1 aliphatic rings. The molecule has 0 unspecified atom stereocenters. The number of amides is 1. The molecule has 0 heterocycles. The van der Waals surface area contributed by atoms with Crippen molar-refractivity contribution < 1.29 is 14.3 Å². The second-order valence-corrected chi connectivity index (χ2v) is 8.92. The van der Waals surface area contributed by atoms with Crippen LogP contribution in [0.25, 0.3) is 10.8 Å². The molecule has 1 fully saturated rings. The molecule has 4 heteroatoms. The van der Waals surface area contributed by atoms with Gasteiger partial charge in [0.1, 0.15) is 17.2 Å². The molecule has 3 aromatic rings. The van der Waals surface area contributed by atoms with E-state index in [1.54, 1.807) is 6.92 Å². The summed E-state index contributed by atoms with van der Waals surface area (Å²) in [7, 11) is 0. The van der Waals surface area contributed by atoms with Crippen molar-refractivity contribution in [3.8, 4) is 17.2 Å². The van der Waals surface area contributed by atoms with E-state index in [2.05, 4.69) is 48.6 Å². The Morgan fingerprint density at radius 2 is 1.69 bits per heavy atom. The fourth-order valence-corrected chi connectivity index (χ4v) is 4.40. The van der Waals surface area contributed by atoms with E-state index in [0.29, 0.717) is 12.5 Å². The van der Waals surface area contributed by atoms with Crippen LogP contribution >= 0.6 is 0 Å². The molecule has 168 valence electrons. The van der Waals surface area contributed by atoms with Crippen molar-refractivity contribution in [3.63, 3.8) is 0 Å². The summed E-state index contributed by atoms with van der Waals surface area (Å²) in [4.78, 5) is 11.0. The summed E-state index contributed by atoms with van der Waals surface area (Å²) in [6, 6.07) is 18.6. The molecule has 1 N–H and O–H groups in total. The number of aryl methyl sites for hydroxylation is 1. The van der Waals surface area contributed by atoms with Crippen LogP contribution in [-0.2, 0) is 11.2 Å². The molecular formula is C28H33NO3. The molecule has 1 saturated carbocycles. The van der Waals surface area contributed by atoms with Crippen molar-refractivity contribution in [2.24, 2.45) is 5.92 Å². The Labute approximate surface area is 190 Å². The van der Waals surface area contributed by atoms with Crippen LogP contribution in [0.2, 0.25) is 0 Å². The third kappa shape index (κ3) is 6.03. The van der Waals surface area contributed by atoms with Gasteiger partial charge in [0.25, 0.3) is 0 Å². The van der Waals surface area contributed by atoms with Gasteiger partial charge in [-0.3, -0.25) is 4.79 Å². The van der Waals surface area contributed by atoms with Gasteiger partial charge in [-0.05, 0) is 84.3 Å². The summed E-state index contributed by atoms with van der Waals surface area (Å²) in [6.45, 7) is 5.08. The van der Waals surface area contributed by atoms with Crippen LogP contribution in [0, 0.1) is 12.8 Å². The highest BCUT2D eigenvalue weighted by atomic mass is 16.5. The molecule has 4 rings (SSSR count). The number of fused-ring (bicyclic) bond motifs is 1. The maximum atomic E-state index is 11.0. The molecule has 4 nitrogen and oxygen atoms in total. The average molecular weight is 432 g/mol. The van der Waals surface area contributed by atoms with Gasteiger partial charge in [0.2, 0.25) is 5.91 Å². The summed E-state index contributed by atoms with van der Waals surface area (Å²) in [6.07, 6.45) is 7.45. The van der Waals surface area contributed by atoms with Gasteiger partial charge >= 0.3 is 0 Å². The van der Waals surface area contributed by atoms with Crippen molar-refractivity contribution in [1.82, 2.24) is 5.32 Å². The lowest BCUT2D eigenvalue weighted by molar-refractivity contribution is -0.118. The molecule has 0 bridgehead atoms. The van der Waals surface area contributed by atoms with Crippen molar-refractivity contribution in [2.75, 3.05) is 13.2 Å². The first kappa shape index (κ1) is 22.2. The highest BCUT2D eigenvalue weighted by Crippen LogP contribution is 2.31. The van der Waals surface area contributed by atoms with Crippen LogP contribution in [-0.4, -0.2) is 19.1 Å². The minimum absolute atomic E-state index is 0.00619. The van der Waals surface area contributed by atoms with Gasteiger partial charge in [0.15, 0.2) is 0 Å². The highest BCUT2D eigenvalue weighted by molar-refractivity contribution is 5.84. The van der Waals surface area contributed by atoms with E-state index in [1.165, 1.54) is 43.1 Å². The van der Waals surface area contributed by atoms with Crippen molar-refractivity contribution >= 4 is 16.7 Å². The Bertz CT molecular complexity index is 1070. The smallest absolute Gasteiger partial charge is 0.216 e. The number of nitrogens with one attached hydrogen (secondary N) is 1. The number of hydrogen-bond acceptors (Lipinski definition) is 3. The minimum Gasteiger partial charge on any atom is -0.493 e. The predicted molar refractivity (Wildman–Crippen MR) is 130 cm³/mol. The predicted octanol–water partition coefficient (Wildman–Crippen LogP) is 6.58.